The molecule has 6 nitrogen and oxygen atoms in total. The maximum Gasteiger partial charge on any atom is 0.573 e. The number of nitrogens with one attached hydrogen (secondary N) is 1. The first-order chi connectivity index (χ1) is 14.9. The average Bonchev–Trinajstić information content (AvgIpc) is 2.71. The molecule has 2 aromatic carbocycles. The molecule has 1 atom stereocenters. The van der Waals surface area contributed by atoms with Gasteiger partial charge in [0.2, 0.25) is 15.9 Å². The maximum atomic E-state index is 12.9. The Labute approximate surface area is 193 Å². The molecule has 3 rings (SSSR count). The van der Waals surface area contributed by atoms with Crippen LogP contribution in [0.25, 0.3) is 0 Å². The molecule has 1 saturated heterocycles. The van der Waals surface area contributed by atoms with Crippen molar-refractivity contribution in [3.8, 4) is 5.75 Å². The first kappa shape index (κ1) is 24.6. The molecule has 12 heteroatoms. The first-order valence-electron chi connectivity index (χ1n) is 9.52. The van der Waals surface area contributed by atoms with Crippen molar-refractivity contribution in [2.45, 2.75) is 25.0 Å². The molecule has 1 N–H and O–H groups in total. The molecule has 0 saturated carbocycles. The number of sulfonamides is 1. The number of rotatable bonds is 6. The SMILES string of the molecule is O=C(Nc1ccc(OC(F)(F)F)cc1)C1CCCN(S(=O)(=O)Cc2c(Cl)cccc2Cl)C1. The van der Waals surface area contributed by atoms with Crippen molar-refractivity contribution in [1.29, 1.82) is 0 Å². The van der Waals surface area contributed by atoms with Crippen LogP contribution in [0.15, 0.2) is 42.5 Å². The topological polar surface area (TPSA) is 75.7 Å². The third kappa shape index (κ3) is 6.50. The lowest BCUT2D eigenvalue weighted by molar-refractivity contribution is -0.274. The van der Waals surface area contributed by atoms with Crippen LogP contribution in [-0.2, 0) is 20.6 Å². The maximum absolute atomic E-state index is 12.9. The van der Waals surface area contributed by atoms with Crippen LogP contribution >= 0.6 is 23.2 Å². The Morgan fingerprint density at radius 3 is 2.34 bits per heavy atom. The highest BCUT2D eigenvalue weighted by molar-refractivity contribution is 7.88. The smallest absolute Gasteiger partial charge is 0.406 e. The number of carbonyl (C=O) groups excluding carboxylic acids is 1. The molecule has 0 aliphatic carbocycles. The number of benzene rings is 2. The Bertz CT molecular complexity index is 1060. The molecule has 1 fully saturated rings. The summed E-state index contributed by atoms with van der Waals surface area (Å²) in [5.41, 5.74) is 0.566. The molecule has 1 heterocycles. The van der Waals surface area contributed by atoms with Gasteiger partial charge in [-0.15, -0.1) is 13.2 Å². The predicted octanol–water partition coefficient (Wildman–Crippen LogP) is 5.07. The molecule has 0 spiro atoms. The minimum absolute atomic E-state index is 0.0223. The van der Waals surface area contributed by atoms with Crippen LogP contribution in [0.5, 0.6) is 5.75 Å². The van der Waals surface area contributed by atoms with Gasteiger partial charge in [-0.25, -0.2) is 12.7 Å². The fourth-order valence-electron chi connectivity index (χ4n) is 3.34. The van der Waals surface area contributed by atoms with Gasteiger partial charge in [0, 0.05) is 34.4 Å². The number of hydrogen-bond acceptors (Lipinski definition) is 4. The molecule has 2 aromatic rings. The van der Waals surface area contributed by atoms with E-state index in [0.717, 1.165) is 12.1 Å². The Balaban J connectivity index is 1.64. The Hall–Kier alpha value is -2.01. The second kappa shape index (κ2) is 9.86. The van der Waals surface area contributed by atoms with Gasteiger partial charge in [-0.05, 0) is 49.2 Å². The molecule has 1 unspecified atom stereocenters. The summed E-state index contributed by atoms with van der Waals surface area (Å²) in [4.78, 5) is 12.6. The summed E-state index contributed by atoms with van der Waals surface area (Å²) >= 11 is 12.2. The Kier molecular flexibility index (Phi) is 7.59. The van der Waals surface area contributed by atoms with Crippen LogP contribution < -0.4 is 10.1 Å². The first-order valence-corrected chi connectivity index (χ1v) is 11.9. The second-order valence-electron chi connectivity index (χ2n) is 7.22. The van der Waals surface area contributed by atoms with Crippen molar-refractivity contribution in [3.05, 3.63) is 58.1 Å². The van der Waals surface area contributed by atoms with Crippen LogP contribution in [0.4, 0.5) is 18.9 Å². The summed E-state index contributed by atoms with van der Waals surface area (Å²) in [6.07, 6.45) is -3.86. The van der Waals surface area contributed by atoms with Crippen LogP contribution in [0.1, 0.15) is 18.4 Å². The van der Waals surface area contributed by atoms with Crippen molar-refractivity contribution in [1.82, 2.24) is 4.31 Å². The number of amides is 1. The van der Waals surface area contributed by atoms with Crippen LogP contribution in [0, 0.1) is 5.92 Å². The lowest BCUT2D eigenvalue weighted by Crippen LogP contribution is -2.44. The molecule has 0 radical (unpaired) electrons. The predicted molar refractivity (Wildman–Crippen MR) is 115 cm³/mol. The van der Waals surface area contributed by atoms with Gasteiger partial charge in [0.15, 0.2) is 0 Å². The normalized spacial score (nSPS) is 17.7. The minimum atomic E-state index is -4.81. The molecule has 174 valence electrons. The summed E-state index contributed by atoms with van der Waals surface area (Å²) in [5, 5.41) is 3.08. The lowest BCUT2D eigenvalue weighted by Gasteiger charge is -2.31. The summed E-state index contributed by atoms with van der Waals surface area (Å²) in [7, 11) is -3.78. The van der Waals surface area contributed by atoms with E-state index in [4.69, 9.17) is 23.2 Å². The van der Waals surface area contributed by atoms with E-state index in [1.165, 1.54) is 16.4 Å². The van der Waals surface area contributed by atoms with E-state index in [1.807, 2.05) is 0 Å². The summed E-state index contributed by atoms with van der Waals surface area (Å²) in [6.45, 7) is 0.239. The van der Waals surface area contributed by atoms with Crippen LogP contribution in [0.2, 0.25) is 10.0 Å². The van der Waals surface area contributed by atoms with Gasteiger partial charge in [0.05, 0.1) is 11.7 Å². The molecule has 32 heavy (non-hydrogen) atoms. The van der Waals surface area contributed by atoms with Crippen molar-refractivity contribution in [3.63, 3.8) is 0 Å². The largest absolute Gasteiger partial charge is 0.573 e. The molecule has 1 aliphatic heterocycles. The molecule has 0 aromatic heterocycles. The zero-order valence-electron chi connectivity index (χ0n) is 16.5. The molecule has 0 bridgehead atoms. The van der Waals surface area contributed by atoms with E-state index < -0.39 is 34.0 Å². The zero-order valence-corrected chi connectivity index (χ0v) is 18.9. The number of alkyl halides is 3. The van der Waals surface area contributed by atoms with Crippen molar-refractivity contribution in [2.24, 2.45) is 5.92 Å². The van der Waals surface area contributed by atoms with E-state index in [0.29, 0.717) is 18.4 Å². The summed E-state index contributed by atoms with van der Waals surface area (Å²) in [5.74, 6) is -1.85. The van der Waals surface area contributed by atoms with Gasteiger partial charge in [0.25, 0.3) is 0 Å². The monoisotopic (exact) mass is 510 g/mol. The van der Waals surface area contributed by atoms with Gasteiger partial charge >= 0.3 is 6.36 Å². The van der Waals surface area contributed by atoms with Crippen LogP contribution in [-0.4, -0.2) is 38.1 Å². The molecule has 1 amide bonds. The minimum Gasteiger partial charge on any atom is -0.406 e. The van der Waals surface area contributed by atoms with Gasteiger partial charge < -0.3 is 10.1 Å². The Morgan fingerprint density at radius 2 is 1.75 bits per heavy atom. The summed E-state index contributed by atoms with van der Waals surface area (Å²) in [6, 6.07) is 9.42. The van der Waals surface area contributed by atoms with Gasteiger partial charge in [-0.1, -0.05) is 29.3 Å². The van der Waals surface area contributed by atoms with E-state index in [-0.39, 0.29) is 34.6 Å². The van der Waals surface area contributed by atoms with Crippen LogP contribution in [0.3, 0.4) is 0 Å². The highest BCUT2D eigenvalue weighted by Gasteiger charge is 2.33. The van der Waals surface area contributed by atoms with Gasteiger partial charge in [0.1, 0.15) is 5.75 Å². The average molecular weight is 511 g/mol. The van der Waals surface area contributed by atoms with E-state index in [1.54, 1.807) is 18.2 Å². The van der Waals surface area contributed by atoms with E-state index in [2.05, 4.69) is 10.1 Å². The quantitative estimate of drug-likeness (QED) is 0.588. The molecular weight excluding hydrogens is 492 g/mol. The number of hydrogen-bond donors (Lipinski definition) is 1. The van der Waals surface area contributed by atoms with Crippen molar-refractivity contribution >= 4 is 44.8 Å². The number of ether oxygens (including phenoxy) is 1. The lowest BCUT2D eigenvalue weighted by atomic mass is 9.99. The van der Waals surface area contributed by atoms with E-state index in [9.17, 15) is 26.4 Å². The van der Waals surface area contributed by atoms with Crippen molar-refractivity contribution < 1.29 is 31.1 Å². The third-order valence-electron chi connectivity index (χ3n) is 4.89. The number of piperidine rings is 1. The third-order valence-corrected chi connectivity index (χ3v) is 7.37. The number of halogens is 5. The fourth-order valence-corrected chi connectivity index (χ4v) is 5.70. The highest BCUT2D eigenvalue weighted by atomic mass is 35.5. The molecule has 1 aliphatic rings. The van der Waals surface area contributed by atoms with Gasteiger partial charge in [-0.2, -0.15) is 0 Å². The van der Waals surface area contributed by atoms with E-state index >= 15 is 0 Å². The molecular formula is C20H19Cl2F3N2O4S. The number of anilines is 1. The fraction of sp³-hybridized carbons (Fsp3) is 0.350. The Morgan fingerprint density at radius 1 is 1.12 bits per heavy atom. The zero-order chi connectivity index (χ0) is 23.5. The summed E-state index contributed by atoms with van der Waals surface area (Å²) < 4.78 is 67.6. The van der Waals surface area contributed by atoms with Gasteiger partial charge in [-0.3, -0.25) is 4.79 Å². The second-order valence-corrected chi connectivity index (χ2v) is 10.00. The number of carbonyl (C=O) groups is 1. The standard InChI is InChI=1S/C20H19Cl2F3N2O4S/c21-17-4-1-5-18(22)16(17)12-32(29,30)27-10-2-3-13(11-27)19(28)26-14-6-8-15(9-7-14)31-20(23,24)25/h1,4-9,13H,2-3,10-12H2,(H,26,28). The number of nitrogens with zero attached hydrogens (tertiary/aromatic N) is 1. The highest BCUT2D eigenvalue weighted by Crippen LogP contribution is 2.29. The van der Waals surface area contributed by atoms with Crippen molar-refractivity contribution in [2.75, 3.05) is 18.4 Å².